The van der Waals surface area contributed by atoms with E-state index in [4.69, 9.17) is 0 Å². The van der Waals surface area contributed by atoms with Crippen molar-refractivity contribution in [2.24, 2.45) is 4.99 Å². The summed E-state index contributed by atoms with van der Waals surface area (Å²) in [5.74, 6) is 0. The predicted molar refractivity (Wildman–Crippen MR) is 59.3 cm³/mol. The topological polar surface area (TPSA) is 41.4 Å². The number of hydrogen-bond donors (Lipinski definition) is 0. The third-order valence-electron chi connectivity index (χ3n) is 1.66. The summed E-state index contributed by atoms with van der Waals surface area (Å²) in [6, 6.07) is 0. The summed E-state index contributed by atoms with van der Waals surface area (Å²) in [5.41, 5.74) is 0.930. The quantitative estimate of drug-likeness (QED) is 0.556. The number of hydrogen-bond acceptors (Lipinski definition) is 4. The van der Waals surface area contributed by atoms with E-state index in [0.717, 1.165) is 15.9 Å². The highest BCUT2D eigenvalue weighted by Crippen LogP contribution is 2.29. The highest BCUT2D eigenvalue weighted by atomic mass is 32.1. The lowest BCUT2D eigenvalue weighted by Gasteiger charge is -2.00. The highest BCUT2D eigenvalue weighted by Gasteiger charge is 2.02. The van der Waals surface area contributed by atoms with E-state index < -0.39 is 0 Å². The maximum Gasteiger partial charge on any atom is 0.128 e. The van der Waals surface area contributed by atoms with Gasteiger partial charge in [-0.25, -0.2) is 15.0 Å². The van der Waals surface area contributed by atoms with E-state index in [9.17, 15) is 0 Å². The molecule has 0 radical (unpaired) electrons. The number of aliphatic imine (C=N–C) groups is 1. The first-order valence-electron chi connectivity index (χ1n) is 4.15. The van der Waals surface area contributed by atoms with Gasteiger partial charge in [0.25, 0.3) is 0 Å². The fourth-order valence-electron chi connectivity index (χ4n) is 1.04. The van der Waals surface area contributed by atoms with Crippen molar-refractivity contribution in [3.63, 3.8) is 0 Å². The summed E-state index contributed by atoms with van der Waals surface area (Å²) < 4.78 is 0. The Morgan fingerprint density at radius 3 is 3.14 bits per heavy atom. The van der Waals surface area contributed by atoms with Crippen molar-refractivity contribution in [1.29, 1.82) is 0 Å². The molecule has 0 bridgehead atoms. The van der Waals surface area contributed by atoms with Crippen LogP contribution in [0.2, 0.25) is 0 Å². The average Bonchev–Trinajstić information content (AvgIpc) is 2.58. The Labute approximate surface area is 85.9 Å². The summed E-state index contributed by atoms with van der Waals surface area (Å²) in [5, 5.41) is 3.00. The maximum atomic E-state index is 4.33. The molecule has 72 valence electrons. The van der Waals surface area contributed by atoms with Crippen LogP contribution in [0.4, 0.5) is 5.69 Å². The Kier molecular flexibility index (Phi) is 2.41. The van der Waals surface area contributed by atoms with Gasteiger partial charge in [0.15, 0.2) is 0 Å². The molecule has 0 saturated heterocycles. The molecule has 0 N–H and O–H groups in total. The molecular weight excluding hydrogens is 196 g/mol. The number of thiophene rings is 1. The second kappa shape index (κ2) is 3.71. The van der Waals surface area contributed by atoms with Gasteiger partial charge in [0, 0.05) is 25.7 Å². The first kappa shape index (κ1) is 9.08. The normalized spacial score (nSPS) is 11.3. The number of aromatic nitrogens is 2. The van der Waals surface area contributed by atoms with Gasteiger partial charge in [-0.2, -0.15) is 0 Å². The molecular formula is C9H10N4S. The molecule has 5 heteroatoms. The molecule has 0 spiro atoms. The average molecular weight is 206 g/mol. The van der Waals surface area contributed by atoms with E-state index in [2.05, 4.69) is 15.0 Å². The van der Waals surface area contributed by atoms with Gasteiger partial charge in [-0.3, -0.25) is 0 Å². The Balaban J connectivity index is 2.43. The van der Waals surface area contributed by atoms with Crippen molar-refractivity contribution in [3.8, 4) is 0 Å². The lowest BCUT2D eigenvalue weighted by molar-refractivity contribution is 0.643. The number of rotatable bonds is 2. The van der Waals surface area contributed by atoms with Crippen LogP contribution < -0.4 is 0 Å². The van der Waals surface area contributed by atoms with Gasteiger partial charge >= 0.3 is 0 Å². The molecule has 0 aliphatic rings. The summed E-state index contributed by atoms with van der Waals surface area (Å²) in [4.78, 5) is 15.3. The standard InChI is InChI=1S/C9H10N4S/c1-13(2)6-12-8-4-14-9-7(8)3-10-5-11-9/h3-6H,1-2H3. The minimum atomic E-state index is 0.930. The van der Waals surface area contributed by atoms with Crippen molar-refractivity contribution in [2.75, 3.05) is 14.1 Å². The van der Waals surface area contributed by atoms with Crippen molar-refractivity contribution >= 4 is 33.6 Å². The van der Waals surface area contributed by atoms with Crippen LogP contribution in [-0.2, 0) is 0 Å². The highest BCUT2D eigenvalue weighted by molar-refractivity contribution is 7.17. The van der Waals surface area contributed by atoms with Crippen LogP contribution in [0.25, 0.3) is 10.2 Å². The summed E-state index contributed by atoms with van der Waals surface area (Å²) in [7, 11) is 3.88. The number of nitrogens with zero attached hydrogens (tertiary/aromatic N) is 4. The van der Waals surface area contributed by atoms with Crippen molar-refractivity contribution in [1.82, 2.24) is 14.9 Å². The van der Waals surface area contributed by atoms with Crippen LogP contribution in [0.15, 0.2) is 22.9 Å². The van der Waals surface area contributed by atoms with Gasteiger partial charge < -0.3 is 4.90 Å². The Morgan fingerprint density at radius 2 is 2.36 bits per heavy atom. The molecule has 4 nitrogen and oxygen atoms in total. The zero-order valence-corrected chi connectivity index (χ0v) is 8.82. The first-order valence-corrected chi connectivity index (χ1v) is 5.03. The summed E-state index contributed by atoms with van der Waals surface area (Å²) >= 11 is 1.58. The van der Waals surface area contributed by atoms with E-state index in [0.29, 0.717) is 0 Å². The molecule has 2 aromatic rings. The van der Waals surface area contributed by atoms with Gasteiger partial charge in [-0.05, 0) is 0 Å². The monoisotopic (exact) mass is 206 g/mol. The third kappa shape index (κ3) is 1.72. The molecule has 14 heavy (non-hydrogen) atoms. The Bertz CT molecular complexity index is 461. The molecule has 0 fully saturated rings. The molecule has 0 aliphatic carbocycles. The fourth-order valence-corrected chi connectivity index (χ4v) is 1.84. The number of fused-ring (bicyclic) bond motifs is 1. The summed E-state index contributed by atoms with van der Waals surface area (Å²) in [6.45, 7) is 0. The van der Waals surface area contributed by atoms with Gasteiger partial charge in [0.05, 0.1) is 17.4 Å². The van der Waals surface area contributed by atoms with Gasteiger partial charge in [0.1, 0.15) is 11.2 Å². The van der Waals surface area contributed by atoms with Crippen molar-refractivity contribution in [3.05, 3.63) is 17.9 Å². The van der Waals surface area contributed by atoms with Crippen LogP contribution in [0, 0.1) is 0 Å². The van der Waals surface area contributed by atoms with E-state index in [1.807, 2.05) is 24.4 Å². The molecule has 0 aliphatic heterocycles. The van der Waals surface area contributed by atoms with Crippen LogP contribution in [-0.4, -0.2) is 35.3 Å². The van der Waals surface area contributed by atoms with E-state index in [1.165, 1.54) is 0 Å². The molecule has 2 rings (SSSR count). The second-order valence-corrected chi connectivity index (χ2v) is 3.93. The van der Waals surface area contributed by atoms with E-state index in [-0.39, 0.29) is 0 Å². The largest absolute Gasteiger partial charge is 0.369 e. The fraction of sp³-hybridized carbons (Fsp3) is 0.222. The zero-order chi connectivity index (χ0) is 9.97. The maximum absolute atomic E-state index is 4.33. The zero-order valence-electron chi connectivity index (χ0n) is 8.01. The van der Waals surface area contributed by atoms with Crippen LogP contribution in [0.1, 0.15) is 0 Å². The lowest BCUT2D eigenvalue weighted by atomic mass is 10.4. The molecule has 2 aromatic heterocycles. The minimum Gasteiger partial charge on any atom is -0.369 e. The van der Waals surface area contributed by atoms with Gasteiger partial charge in [-0.1, -0.05) is 0 Å². The van der Waals surface area contributed by atoms with Crippen LogP contribution in [0.3, 0.4) is 0 Å². The second-order valence-electron chi connectivity index (χ2n) is 3.07. The molecule has 0 atom stereocenters. The molecule has 0 amide bonds. The van der Waals surface area contributed by atoms with Crippen LogP contribution in [0.5, 0.6) is 0 Å². The third-order valence-corrected chi connectivity index (χ3v) is 2.55. The summed E-state index contributed by atoms with van der Waals surface area (Å²) in [6.07, 6.45) is 5.12. The predicted octanol–water partition coefficient (Wildman–Crippen LogP) is 1.91. The minimum absolute atomic E-state index is 0.930. The molecule has 0 unspecified atom stereocenters. The first-order chi connectivity index (χ1) is 6.77. The van der Waals surface area contributed by atoms with Crippen molar-refractivity contribution in [2.45, 2.75) is 0 Å². The smallest absolute Gasteiger partial charge is 0.128 e. The Morgan fingerprint density at radius 1 is 1.50 bits per heavy atom. The van der Waals surface area contributed by atoms with Crippen molar-refractivity contribution < 1.29 is 0 Å². The molecule has 2 heterocycles. The van der Waals surface area contributed by atoms with E-state index >= 15 is 0 Å². The molecule has 0 aromatic carbocycles. The SMILES string of the molecule is CN(C)C=Nc1csc2ncncc12. The van der Waals surface area contributed by atoms with Crippen LogP contribution >= 0.6 is 11.3 Å². The van der Waals surface area contributed by atoms with E-state index in [1.54, 1.807) is 30.2 Å². The lowest BCUT2D eigenvalue weighted by Crippen LogP contribution is -2.06. The van der Waals surface area contributed by atoms with Gasteiger partial charge in [-0.15, -0.1) is 11.3 Å². The molecule has 0 saturated carbocycles. The van der Waals surface area contributed by atoms with Gasteiger partial charge in [0.2, 0.25) is 0 Å². The Hall–Kier alpha value is -1.49.